The molecule has 2 N–H and O–H groups in total. The first-order valence-electron chi connectivity index (χ1n) is 9.67. The fourth-order valence-electron chi connectivity index (χ4n) is 4.21. The first-order chi connectivity index (χ1) is 14.5. The van der Waals surface area contributed by atoms with Crippen molar-refractivity contribution in [1.29, 1.82) is 0 Å². The summed E-state index contributed by atoms with van der Waals surface area (Å²) in [6, 6.07) is 9.23. The minimum atomic E-state index is -1.83. The second-order valence-corrected chi connectivity index (χ2v) is 7.47. The molecule has 3 aromatic rings. The lowest BCUT2D eigenvalue weighted by atomic mass is 9.86. The zero-order chi connectivity index (χ0) is 21.0. The van der Waals surface area contributed by atoms with Crippen molar-refractivity contribution in [2.45, 2.75) is 32.1 Å². The van der Waals surface area contributed by atoms with E-state index >= 15 is 0 Å². The van der Waals surface area contributed by atoms with Gasteiger partial charge in [0.2, 0.25) is 0 Å². The Balaban J connectivity index is 1.71. The highest BCUT2D eigenvalue weighted by Crippen LogP contribution is 2.38. The standard InChI is InChI=1S/C23H18N2O5/c1-2-23(29)17-10-19-20-15(11-25(19)21(27)16(17)12-30-22(23)28)9-14-8-13(4-3-7-26)5-6-18(14)24-20/h5-6,8-10,26,29H,2,7,11-12H2,1H3/t23-/m0/s1. The van der Waals surface area contributed by atoms with Crippen LogP contribution >= 0.6 is 0 Å². The summed E-state index contributed by atoms with van der Waals surface area (Å²) in [6.45, 7) is 1.68. The molecule has 0 bridgehead atoms. The molecule has 150 valence electrons. The number of benzene rings is 1. The first kappa shape index (κ1) is 18.6. The Morgan fingerprint density at radius 2 is 2.10 bits per heavy atom. The molecule has 0 fully saturated rings. The van der Waals surface area contributed by atoms with Gasteiger partial charge in [-0.15, -0.1) is 0 Å². The Bertz CT molecular complexity index is 1360. The van der Waals surface area contributed by atoms with Gasteiger partial charge < -0.3 is 19.5 Å². The SMILES string of the molecule is CC[C@@]1(O)C(=O)OCc2c1cc1n(c2=O)Cc2cc3cc(C#CCO)ccc3nc2-1. The van der Waals surface area contributed by atoms with Crippen molar-refractivity contribution in [3.05, 3.63) is 62.9 Å². The number of carbonyl (C=O) groups is 1. The average molecular weight is 402 g/mol. The number of aliphatic hydroxyl groups is 2. The summed E-state index contributed by atoms with van der Waals surface area (Å²) in [4.78, 5) is 30.1. The molecule has 1 aromatic carbocycles. The predicted octanol–water partition coefficient (Wildman–Crippen LogP) is 1.42. The monoisotopic (exact) mass is 402 g/mol. The first-order valence-corrected chi connectivity index (χ1v) is 9.67. The van der Waals surface area contributed by atoms with E-state index in [0.717, 1.165) is 22.0 Å². The van der Waals surface area contributed by atoms with Crippen LogP contribution in [0, 0.1) is 11.8 Å². The Hall–Kier alpha value is -3.47. The molecule has 4 heterocycles. The van der Waals surface area contributed by atoms with E-state index in [-0.39, 0.29) is 25.2 Å². The average Bonchev–Trinajstić information content (AvgIpc) is 3.11. The molecule has 0 radical (unpaired) electrons. The molecule has 2 aliphatic rings. The van der Waals surface area contributed by atoms with Gasteiger partial charge in [0.15, 0.2) is 5.60 Å². The summed E-state index contributed by atoms with van der Waals surface area (Å²) in [7, 11) is 0. The van der Waals surface area contributed by atoms with Gasteiger partial charge in [-0.25, -0.2) is 9.78 Å². The number of nitrogens with zero attached hydrogens (tertiary/aromatic N) is 2. The molecule has 0 amide bonds. The van der Waals surface area contributed by atoms with Gasteiger partial charge in [0.25, 0.3) is 5.56 Å². The minimum Gasteiger partial charge on any atom is -0.458 e. The maximum atomic E-state index is 13.1. The molecule has 30 heavy (non-hydrogen) atoms. The van der Waals surface area contributed by atoms with Crippen molar-refractivity contribution < 1.29 is 19.7 Å². The zero-order valence-electron chi connectivity index (χ0n) is 16.2. The lowest BCUT2D eigenvalue weighted by molar-refractivity contribution is -0.172. The molecular formula is C23H18N2O5. The highest BCUT2D eigenvalue weighted by Gasteiger charge is 2.45. The van der Waals surface area contributed by atoms with Gasteiger partial charge >= 0.3 is 5.97 Å². The van der Waals surface area contributed by atoms with E-state index in [1.165, 1.54) is 0 Å². The number of hydrogen-bond donors (Lipinski definition) is 2. The van der Waals surface area contributed by atoms with Crippen LogP contribution in [-0.4, -0.2) is 32.3 Å². The van der Waals surface area contributed by atoms with E-state index in [1.807, 2.05) is 24.3 Å². The second kappa shape index (κ2) is 6.52. The fraction of sp³-hybridized carbons (Fsp3) is 0.261. The summed E-state index contributed by atoms with van der Waals surface area (Å²) >= 11 is 0. The van der Waals surface area contributed by atoms with Crippen molar-refractivity contribution in [3.63, 3.8) is 0 Å². The number of cyclic esters (lactones) is 1. The molecule has 0 unspecified atom stereocenters. The number of hydrogen-bond acceptors (Lipinski definition) is 6. The lowest BCUT2D eigenvalue weighted by Gasteiger charge is -2.31. The van der Waals surface area contributed by atoms with E-state index in [1.54, 1.807) is 17.6 Å². The van der Waals surface area contributed by atoms with Crippen LogP contribution in [0.15, 0.2) is 35.1 Å². The van der Waals surface area contributed by atoms with Crippen molar-refractivity contribution in [1.82, 2.24) is 9.55 Å². The Morgan fingerprint density at radius 1 is 1.27 bits per heavy atom. The Morgan fingerprint density at radius 3 is 2.87 bits per heavy atom. The third-order valence-electron chi connectivity index (χ3n) is 5.82. The van der Waals surface area contributed by atoms with Crippen LogP contribution in [0.4, 0.5) is 0 Å². The third-order valence-corrected chi connectivity index (χ3v) is 5.82. The summed E-state index contributed by atoms with van der Waals surface area (Å²) in [5.41, 5.74) is 2.14. The quantitative estimate of drug-likeness (QED) is 0.369. The normalized spacial score (nSPS) is 18.8. The van der Waals surface area contributed by atoms with E-state index in [2.05, 4.69) is 11.8 Å². The van der Waals surface area contributed by atoms with Gasteiger partial charge in [0.05, 0.1) is 29.0 Å². The molecule has 2 aliphatic heterocycles. The van der Waals surface area contributed by atoms with E-state index in [0.29, 0.717) is 29.1 Å². The van der Waals surface area contributed by atoms with Gasteiger partial charge in [0.1, 0.15) is 13.2 Å². The molecular weight excluding hydrogens is 384 g/mol. The van der Waals surface area contributed by atoms with Gasteiger partial charge in [-0.3, -0.25) is 4.79 Å². The smallest absolute Gasteiger partial charge is 0.343 e. The summed E-state index contributed by atoms with van der Waals surface area (Å²) in [5.74, 6) is 4.78. The van der Waals surface area contributed by atoms with E-state index in [9.17, 15) is 14.7 Å². The van der Waals surface area contributed by atoms with Crippen LogP contribution in [-0.2, 0) is 28.3 Å². The molecule has 7 heteroatoms. The maximum Gasteiger partial charge on any atom is 0.343 e. The molecule has 7 nitrogen and oxygen atoms in total. The lowest BCUT2D eigenvalue weighted by Crippen LogP contribution is -2.44. The molecule has 0 spiro atoms. The molecule has 2 aromatic heterocycles. The Kier molecular flexibility index (Phi) is 4.03. The molecule has 1 atom stereocenters. The van der Waals surface area contributed by atoms with E-state index in [4.69, 9.17) is 14.8 Å². The van der Waals surface area contributed by atoms with Crippen LogP contribution in [0.5, 0.6) is 0 Å². The number of ether oxygens (including phenoxy) is 1. The number of esters is 1. The predicted molar refractivity (Wildman–Crippen MR) is 108 cm³/mol. The number of pyridine rings is 2. The molecule has 0 saturated heterocycles. The van der Waals surface area contributed by atoms with Crippen molar-refractivity contribution in [2.75, 3.05) is 6.61 Å². The summed E-state index contributed by atoms with van der Waals surface area (Å²) in [5, 5.41) is 20.7. The number of fused-ring (bicyclic) bond motifs is 5. The Labute approximate surface area is 171 Å². The van der Waals surface area contributed by atoms with Crippen molar-refractivity contribution in [3.8, 4) is 23.2 Å². The second-order valence-electron chi connectivity index (χ2n) is 7.47. The maximum absolute atomic E-state index is 13.1. The zero-order valence-corrected chi connectivity index (χ0v) is 16.2. The largest absolute Gasteiger partial charge is 0.458 e. The number of carbonyl (C=O) groups excluding carboxylic acids is 1. The molecule has 5 rings (SSSR count). The van der Waals surface area contributed by atoms with Crippen LogP contribution in [0.2, 0.25) is 0 Å². The highest BCUT2D eigenvalue weighted by atomic mass is 16.6. The van der Waals surface area contributed by atoms with Crippen molar-refractivity contribution in [2.24, 2.45) is 0 Å². The van der Waals surface area contributed by atoms with Gasteiger partial charge in [-0.2, -0.15) is 0 Å². The third kappa shape index (κ3) is 2.51. The van der Waals surface area contributed by atoms with Crippen LogP contribution < -0.4 is 5.56 Å². The number of aromatic nitrogens is 2. The fourth-order valence-corrected chi connectivity index (χ4v) is 4.21. The van der Waals surface area contributed by atoms with Crippen LogP contribution in [0.1, 0.15) is 35.6 Å². The number of aliphatic hydroxyl groups excluding tert-OH is 1. The van der Waals surface area contributed by atoms with Crippen LogP contribution in [0.25, 0.3) is 22.3 Å². The van der Waals surface area contributed by atoms with Gasteiger partial charge in [-0.1, -0.05) is 18.8 Å². The molecule has 0 aliphatic carbocycles. The summed E-state index contributed by atoms with van der Waals surface area (Å²) < 4.78 is 6.70. The van der Waals surface area contributed by atoms with Crippen LogP contribution in [0.3, 0.4) is 0 Å². The highest BCUT2D eigenvalue weighted by molar-refractivity contribution is 5.87. The van der Waals surface area contributed by atoms with Crippen molar-refractivity contribution >= 4 is 16.9 Å². The minimum absolute atomic E-state index is 0.109. The topological polar surface area (TPSA) is 102 Å². The van der Waals surface area contributed by atoms with E-state index < -0.39 is 11.6 Å². The van der Waals surface area contributed by atoms with Gasteiger partial charge in [-0.05, 0) is 36.8 Å². The summed E-state index contributed by atoms with van der Waals surface area (Å²) in [6.07, 6.45) is 0.109. The van der Waals surface area contributed by atoms with Gasteiger partial charge in [0, 0.05) is 22.1 Å². The molecule has 0 saturated carbocycles. The number of rotatable bonds is 1.